The zero-order valence-corrected chi connectivity index (χ0v) is 26.6. The molecule has 2 aliphatic heterocycles. The summed E-state index contributed by atoms with van der Waals surface area (Å²) in [6.07, 6.45) is 8.84. The molecule has 1 aromatic rings. The summed E-state index contributed by atoms with van der Waals surface area (Å²) in [6.45, 7) is 8.28. The lowest BCUT2D eigenvalue weighted by Gasteiger charge is -2.19. The van der Waals surface area contributed by atoms with Crippen LogP contribution in [-0.2, 0) is 14.3 Å². The number of hydrogen-bond acceptors (Lipinski definition) is 12. The number of ether oxygens (including phenoxy) is 2. The van der Waals surface area contributed by atoms with Crippen molar-refractivity contribution in [3.8, 4) is 12.3 Å². The first-order chi connectivity index (χ1) is 21.1. The summed E-state index contributed by atoms with van der Waals surface area (Å²) in [5, 5.41) is 21.1. The summed E-state index contributed by atoms with van der Waals surface area (Å²) >= 11 is 1.90. The zero-order chi connectivity index (χ0) is 31.8. The fourth-order valence-corrected chi connectivity index (χ4v) is 6.04. The van der Waals surface area contributed by atoms with Gasteiger partial charge in [-0.1, -0.05) is 12.3 Å². The van der Waals surface area contributed by atoms with Gasteiger partial charge in [0.15, 0.2) is 0 Å². The molecular weight excluding hydrogens is 588 g/mol. The van der Waals surface area contributed by atoms with E-state index in [1.807, 2.05) is 11.8 Å². The van der Waals surface area contributed by atoms with Crippen molar-refractivity contribution in [2.45, 2.75) is 75.8 Å². The number of aromatic nitrogens is 3. The van der Waals surface area contributed by atoms with Crippen molar-refractivity contribution < 1.29 is 23.9 Å². The lowest BCUT2D eigenvalue weighted by atomic mass is 10.0. The molecule has 3 atom stereocenters. The quantitative estimate of drug-likeness (QED) is 0.0660. The smallest absolute Gasteiger partial charge is 0.407 e. The third-order valence-electron chi connectivity index (χ3n) is 6.46. The zero-order valence-electron chi connectivity index (χ0n) is 25.8. The maximum absolute atomic E-state index is 12.1. The highest BCUT2D eigenvalue weighted by molar-refractivity contribution is 8.00. The number of rotatable bonds is 19. The molecule has 3 rings (SSSR count). The highest BCUT2D eigenvalue weighted by Gasteiger charge is 2.42. The Bertz CT molecular complexity index is 1130. The van der Waals surface area contributed by atoms with Crippen LogP contribution in [0.15, 0.2) is 0 Å². The number of urea groups is 1. The van der Waals surface area contributed by atoms with E-state index in [9.17, 15) is 14.4 Å². The van der Waals surface area contributed by atoms with Crippen LogP contribution in [0.3, 0.4) is 0 Å². The molecule has 0 saturated carbocycles. The van der Waals surface area contributed by atoms with Crippen molar-refractivity contribution in [3.63, 3.8) is 0 Å². The van der Waals surface area contributed by atoms with Crippen LogP contribution in [0, 0.1) is 12.3 Å². The number of terminal acetylenes is 1. The number of alkyl carbamates (subject to hydrolysis) is 1. The van der Waals surface area contributed by atoms with Crippen LogP contribution in [0.5, 0.6) is 0 Å². The molecule has 0 aromatic carbocycles. The summed E-state index contributed by atoms with van der Waals surface area (Å²) in [5.74, 6) is 4.45. The Morgan fingerprint density at radius 3 is 2.41 bits per heavy atom. The van der Waals surface area contributed by atoms with Crippen molar-refractivity contribution in [2.24, 2.45) is 0 Å². The minimum absolute atomic E-state index is 0.0496. The first-order valence-electron chi connectivity index (χ1n) is 15.0. The third-order valence-corrected chi connectivity index (χ3v) is 7.97. The SMILES string of the molecule is C#CCNc1nc(NCCNC(=O)OC(C)(C)C)nc(NCCOCCCNC(=O)CCCC[C@@H]2SC[C@@H]3NC(=O)N[C@@H]32)n1. The van der Waals surface area contributed by atoms with Gasteiger partial charge in [-0.3, -0.25) is 4.79 Å². The van der Waals surface area contributed by atoms with Crippen LogP contribution in [0.2, 0.25) is 0 Å². The van der Waals surface area contributed by atoms with E-state index in [1.54, 1.807) is 20.8 Å². The fourth-order valence-electron chi connectivity index (χ4n) is 4.50. The molecule has 15 nitrogen and oxygen atoms in total. The van der Waals surface area contributed by atoms with Gasteiger partial charge in [-0.2, -0.15) is 26.7 Å². The predicted octanol–water partition coefficient (Wildman–Crippen LogP) is 1.51. The van der Waals surface area contributed by atoms with E-state index >= 15 is 0 Å². The average molecular weight is 635 g/mol. The van der Waals surface area contributed by atoms with Gasteiger partial charge in [-0.25, -0.2) is 9.59 Å². The normalized spacial score (nSPS) is 18.8. The molecule has 0 unspecified atom stereocenters. The molecule has 16 heteroatoms. The Labute approximate surface area is 263 Å². The van der Waals surface area contributed by atoms with E-state index in [2.05, 4.69) is 58.1 Å². The topological polar surface area (TPSA) is 193 Å². The molecule has 0 bridgehead atoms. The van der Waals surface area contributed by atoms with Gasteiger partial charge < -0.3 is 46.7 Å². The van der Waals surface area contributed by atoms with Gasteiger partial charge in [0.25, 0.3) is 0 Å². The number of nitrogens with one attached hydrogen (secondary N) is 7. The molecule has 0 spiro atoms. The monoisotopic (exact) mass is 634 g/mol. The lowest BCUT2D eigenvalue weighted by Crippen LogP contribution is -2.36. The van der Waals surface area contributed by atoms with Gasteiger partial charge in [-0.05, 0) is 40.0 Å². The molecule has 3 heterocycles. The van der Waals surface area contributed by atoms with Gasteiger partial charge in [0.05, 0.1) is 25.2 Å². The second-order valence-electron chi connectivity index (χ2n) is 11.3. The number of anilines is 3. The van der Waals surface area contributed by atoms with Crippen molar-refractivity contribution in [1.29, 1.82) is 0 Å². The summed E-state index contributed by atoms with van der Waals surface area (Å²) in [5.41, 5.74) is -0.570. The molecular formula is C28H46N10O5S. The Hall–Kier alpha value is -3.71. The molecule has 244 valence electrons. The number of unbranched alkanes of at least 4 members (excludes halogenated alkanes) is 1. The molecule has 4 amide bonds. The van der Waals surface area contributed by atoms with Gasteiger partial charge in [-0.15, -0.1) is 6.42 Å². The van der Waals surface area contributed by atoms with Crippen LogP contribution in [0.25, 0.3) is 0 Å². The van der Waals surface area contributed by atoms with E-state index in [4.69, 9.17) is 15.9 Å². The number of fused-ring (bicyclic) bond motifs is 1. The van der Waals surface area contributed by atoms with Gasteiger partial charge in [0.1, 0.15) is 5.60 Å². The molecule has 44 heavy (non-hydrogen) atoms. The second-order valence-corrected chi connectivity index (χ2v) is 12.6. The van der Waals surface area contributed by atoms with Crippen LogP contribution < -0.4 is 37.2 Å². The molecule has 2 saturated heterocycles. The maximum atomic E-state index is 12.1. The van der Waals surface area contributed by atoms with Crippen LogP contribution in [0.4, 0.5) is 27.4 Å². The molecule has 1 aromatic heterocycles. The van der Waals surface area contributed by atoms with Gasteiger partial charge in [0.2, 0.25) is 23.8 Å². The molecule has 0 radical (unpaired) electrons. The van der Waals surface area contributed by atoms with Crippen molar-refractivity contribution >= 4 is 47.6 Å². The number of thioether (sulfide) groups is 1. The largest absolute Gasteiger partial charge is 0.444 e. The summed E-state index contributed by atoms with van der Waals surface area (Å²) < 4.78 is 10.9. The first-order valence-corrected chi connectivity index (χ1v) is 16.1. The summed E-state index contributed by atoms with van der Waals surface area (Å²) in [7, 11) is 0. The van der Waals surface area contributed by atoms with Crippen molar-refractivity contribution in [1.82, 2.24) is 36.2 Å². The van der Waals surface area contributed by atoms with E-state index < -0.39 is 11.7 Å². The third kappa shape index (κ3) is 13.3. The minimum atomic E-state index is -0.570. The molecule has 0 aliphatic carbocycles. The van der Waals surface area contributed by atoms with Gasteiger partial charge >= 0.3 is 12.1 Å². The van der Waals surface area contributed by atoms with Crippen LogP contribution >= 0.6 is 11.8 Å². The summed E-state index contributed by atoms with van der Waals surface area (Å²) in [6, 6.07) is 0.379. The standard InChI is InChI=1S/C28H46N10O5S/c1-5-11-30-23-36-24(31-13-14-33-27(41)43-28(2,3)4)38-25(37-23)32-15-17-42-16-8-12-29-21(39)10-7-6-9-20-22-19(18-44-20)34-26(40)35-22/h1,19-20,22H,6-18H2,2-4H3,(H,29,39)(H,33,41)(H2,34,35,40)(H3,30,31,32,36,37,38)/t19-,20-,22-/m0/s1. The Morgan fingerprint density at radius 1 is 0.955 bits per heavy atom. The summed E-state index contributed by atoms with van der Waals surface area (Å²) in [4.78, 5) is 48.4. The minimum Gasteiger partial charge on any atom is -0.444 e. The average Bonchev–Trinajstić information content (AvgIpc) is 3.52. The van der Waals surface area contributed by atoms with E-state index in [1.165, 1.54) is 0 Å². The highest BCUT2D eigenvalue weighted by Crippen LogP contribution is 2.33. The van der Waals surface area contributed by atoms with Crippen molar-refractivity contribution in [2.75, 3.05) is 67.6 Å². The number of carbonyl (C=O) groups excluding carboxylic acids is 3. The molecule has 2 fully saturated rings. The van der Waals surface area contributed by atoms with E-state index in [-0.39, 0.29) is 30.6 Å². The first kappa shape index (κ1) is 34.8. The number of hydrogen-bond donors (Lipinski definition) is 7. The highest BCUT2D eigenvalue weighted by atomic mass is 32.2. The fraction of sp³-hybridized carbons (Fsp3) is 0.714. The molecule has 2 aliphatic rings. The molecule has 7 N–H and O–H groups in total. The Morgan fingerprint density at radius 2 is 1.68 bits per heavy atom. The van der Waals surface area contributed by atoms with Crippen molar-refractivity contribution in [3.05, 3.63) is 0 Å². The number of nitrogens with zero attached hydrogens (tertiary/aromatic N) is 3. The number of carbonyl (C=O) groups is 3. The van der Waals surface area contributed by atoms with Gasteiger partial charge in [0, 0.05) is 50.2 Å². The lowest BCUT2D eigenvalue weighted by molar-refractivity contribution is -0.121. The maximum Gasteiger partial charge on any atom is 0.407 e. The second kappa shape index (κ2) is 18.2. The van der Waals surface area contributed by atoms with E-state index in [0.29, 0.717) is 75.3 Å². The Balaban J connectivity index is 1.23. The van der Waals surface area contributed by atoms with Crippen LogP contribution in [-0.4, -0.2) is 108 Å². The predicted molar refractivity (Wildman–Crippen MR) is 171 cm³/mol. The van der Waals surface area contributed by atoms with Crippen LogP contribution in [0.1, 0.15) is 52.9 Å². The number of amides is 4. The van der Waals surface area contributed by atoms with E-state index in [0.717, 1.165) is 25.0 Å². The Kier molecular flexibility index (Phi) is 14.4.